The van der Waals surface area contributed by atoms with E-state index < -0.39 is 10.0 Å². The molecule has 3 aromatic carbocycles. The van der Waals surface area contributed by atoms with Crippen LogP contribution in [0, 0.1) is 20.8 Å². The maximum atomic E-state index is 13.1. The molecule has 0 amide bonds. The summed E-state index contributed by atoms with van der Waals surface area (Å²) in [5, 5.41) is 0. The summed E-state index contributed by atoms with van der Waals surface area (Å²) in [6.07, 6.45) is 0. The molecule has 0 aromatic heterocycles. The lowest BCUT2D eigenvalue weighted by molar-refractivity contribution is 0.431. The molecule has 0 spiro atoms. The van der Waals surface area contributed by atoms with Crippen molar-refractivity contribution in [1.82, 2.24) is 4.31 Å². The Bertz CT molecular complexity index is 1150. The molecule has 0 atom stereocenters. The van der Waals surface area contributed by atoms with Crippen molar-refractivity contribution in [2.24, 2.45) is 0 Å². The van der Waals surface area contributed by atoms with E-state index in [2.05, 4.69) is 48.0 Å². The number of fused-ring (bicyclic) bond motifs is 1. The number of nitrogens with zero attached hydrogens (tertiary/aromatic N) is 1. The van der Waals surface area contributed by atoms with Crippen LogP contribution in [0.3, 0.4) is 0 Å². The molecule has 0 N–H and O–H groups in total. The molecule has 0 fully saturated rings. The number of hydrogen-bond acceptors (Lipinski definition) is 2. The fourth-order valence-electron chi connectivity index (χ4n) is 3.84. The fourth-order valence-corrected chi connectivity index (χ4v) is 5.48. The predicted molar refractivity (Wildman–Crippen MR) is 117 cm³/mol. The molecule has 0 radical (unpaired) electrons. The van der Waals surface area contributed by atoms with Crippen molar-refractivity contribution in [3.63, 3.8) is 0 Å². The second-order valence-corrected chi connectivity index (χ2v) is 10.3. The van der Waals surface area contributed by atoms with Gasteiger partial charge in [0, 0.05) is 17.6 Å². The highest BCUT2D eigenvalue weighted by Crippen LogP contribution is 2.37. The van der Waals surface area contributed by atoms with Crippen LogP contribution in [0.15, 0.2) is 64.0 Å². The Balaban J connectivity index is 1.74. The Labute approximate surface area is 175 Å². The topological polar surface area (TPSA) is 37.4 Å². The average molecular weight is 456 g/mol. The molecule has 4 rings (SSSR count). The molecule has 1 aliphatic rings. The van der Waals surface area contributed by atoms with Gasteiger partial charge < -0.3 is 0 Å². The number of hydrogen-bond donors (Lipinski definition) is 0. The highest BCUT2D eigenvalue weighted by molar-refractivity contribution is 9.10. The Morgan fingerprint density at radius 3 is 2.11 bits per heavy atom. The zero-order valence-corrected chi connectivity index (χ0v) is 18.6. The summed E-state index contributed by atoms with van der Waals surface area (Å²) in [5.41, 5.74) is 7.92. The molecule has 28 heavy (non-hydrogen) atoms. The Morgan fingerprint density at radius 2 is 1.46 bits per heavy atom. The van der Waals surface area contributed by atoms with Crippen molar-refractivity contribution in [2.75, 3.05) is 0 Å². The number of halogens is 1. The first kappa shape index (κ1) is 19.4. The van der Waals surface area contributed by atoms with Gasteiger partial charge in [0.25, 0.3) is 0 Å². The summed E-state index contributed by atoms with van der Waals surface area (Å²) >= 11 is 3.48. The summed E-state index contributed by atoms with van der Waals surface area (Å²) < 4.78 is 28.9. The lowest BCUT2D eigenvalue weighted by Crippen LogP contribution is -2.25. The Kier molecular flexibility index (Phi) is 4.94. The third kappa shape index (κ3) is 3.32. The van der Waals surface area contributed by atoms with Gasteiger partial charge in [-0.05, 0) is 78.4 Å². The van der Waals surface area contributed by atoms with Crippen LogP contribution in [-0.2, 0) is 23.1 Å². The summed E-state index contributed by atoms with van der Waals surface area (Å²) in [5.74, 6) is 0. The first-order valence-corrected chi connectivity index (χ1v) is 11.5. The number of rotatable bonds is 3. The van der Waals surface area contributed by atoms with E-state index in [-0.39, 0.29) is 0 Å². The predicted octanol–water partition coefficient (Wildman–Crippen LogP) is 5.75. The largest absolute Gasteiger partial charge is 0.243 e. The fraction of sp³-hybridized carbons (Fsp3) is 0.217. The van der Waals surface area contributed by atoms with Crippen LogP contribution in [0.4, 0.5) is 0 Å². The van der Waals surface area contributed by atoms with E-state index in [1.807, 2.05) is 31.2 Å². The minimum atomic E-state index is -3.51. The van der Waals surface area contributed by atoms with E-state index in [1.54, 1.807) is 16.4 Å². The SMILES string of the molecule is Cc1ccc(S(=O)(=O)N2Cc3c(C)cc(-c4ccc(Br)cc4)c(C)c3C2)cc1. The maximum absolute atomic E-state index is 13.1. The van der Waals surface area contributed by atoms with Gasteiger partial charge >= 0.3 is 0 Å². The summed E-state index contributed by atoms with van der Waals surface area (Å²) in [6, 6.07) is 17.5. The lowest BCUT2D eigenvalue weighted by Gasteiger charge is -2.16. The molecule has 144 valence electrons. The zero-order valence-electron chi connectivity index (χ0n) is 16.2. The molecular formula is C23H22BrNO2S. The molecule has 0 unspecified atom stereocenters. The molecule has 0 bridgehead atoms. The molecule has 0 aliphatic carbocycles. The van der Waals surface area contributed by atoms with E-state index in [4.69, 9.17) is 0 Å². The van der Waals surface area contributed by atoms with E-state index in [0.717, 1.165) is 37.9 Å². The average Bonchev–Trinajstić information content (AvgIpc) is 3.13. The minimum absolute atomic E-state index is 0.356. The molecule has 1 aliphatic heterocycles. The molecule has 0 saturated heterocycles. The molecule has 3 aromatic rings. The normalized spacial score (nSPS) is 14.3. The highest BCUT2D eigenvalue weighted by atomic mass is 79.9. The van der Waals surface area contributed by atoms with Crippen LogP contribution >= 0.6 is 15.9 Å². The van der Waals surface area contributed by atoms with E-state index in [1.165, 1.54) is 5.56 Å². The van der Waals surface area contributed by atoms with Crippen LogP contribution < -0.4 is 0 Å². The monoisotopic (exact) mass is 455 g/mol. The van der Waals surface area contributed by atoms with Gasteiger partial charge in [0.15, 0.2) is 0 Å². The van der Waals surface area contributed by atoms with Crippen LogP contribution in [0.2, 0.25) is 0 Å². The molecular weight excluding hydrogens is 434 g/mol. The van der Waals surface area contributed by atoms with E-state index in [0.29, 0.717) is 18.0 Å². The van der Waals surface area contributed by atoms with E-state index in [9.17, 15) is 8.42 Å². The van der Waals surface area contributed by atoms with E-state index >= 15 is 0 Å². The second kappa shape index (κ2) is 7.14. The van der Waals surface area contributed by atoms with Crippen molar-refractivity contribution in [1.29, 1.82) is 0 Å². The van der Waals surface area contributed by atoms with Crippen molar-refractivity contribution in [2.45, 2.75) is 38.8 Å². The first-order valence-electron chi connectivity index (χ1n) is 9.22. The Morgan fingerprint density at radius 1 is 0.857 bits per heavy atom. The van der Waals surface area contributed by atoms with Gasteiger partial charge in [-0.2, -0.15) is 4.31 Å². The van der Waals surface area contributed by atoms with Gasteiger partial charge in [0.1, 0.15) is 0 Å². The summed E-state index contributed by atoms with van der Waals surface area (Å²) in [6.45, 7) is 6.97. The quantitative estimate of drug-likeness (QED) is 0.504. The third-order valence-electron chi connectivity index (χ3n) is 5.54. The van der Waals surface area contributed by atoms with Crippen LogP contribution in [-0.4, -0.2) is 12.7 Å². The first-order chi connectivity index (χ1) is 13.3. The van der Waals surface area contributed by atoms with Crippen LogP contribution in [0.5, 0.6) is 0 Å². The van der Waals surface area contributed by atoms with Crippen LogP contribution in [0.25, 0.3) is 11.1 Å². The van der Waals surface area contributed by atoms with Crippen molar-refractivity contribution >= 4 is 26.0 Å². The number of sulfonamides is 1. The smallest absolute Gasteiger partial charge is 0.207 e. The molecule has 0 saturated carbocycles. The third-order valence-corrected chi connectivity index (χ3v) is 7.88. The number of benzene rings is 3. The van der Waals surface area contributed by atoms with Crippen molar-refractivity contribution < 1.29 is 8.42 Å². The zero-order chi connectivity index (χ0) is 20.1. The molecule has 5 heteroatoms. The Hall–Kier alpha value is -1.95. The highest BCUT2D eigenvalue weighted by Gasteiger charge is 2.33. The molecule has 3 nitrogen and oxygen atoms in total. The van der Waals surface area contributed by atoms with Crippen molar-refractivity contribution in [3.05, 3.63) is 86.9 Å². The van der Waals surface area contributed by atoms with Gasteiger partial charge in [-0.15, -0.1) is 0 Å². The minimum Gasteiger partial charge on any atom is -0.207 e. The van der Waals surface area contributed by atoms with Crippen molar-refractivity contribution in [3.8, 4) is 11.1 Å². The number of aryl methyl sites for hydroxylation is 2. The maximum Gasteiger partial charge on any atom is 0.243 e. The van der Waals surface area contributed by atoms with Gasteiger partial charge in [0.05, 0.1) is 4.90 Å². The van der Waals surface area contributed by atoms with Gasteiger partial charge in [0.2, 0.25) is 10.0 Å². The summed E-state index contributed by atoms with van der Waals surface area (Å²) in [7, 11) is -3.51. The summed E-state index contributed by atoms with van der Waals surface area (Å²) in [4.78, 5) is 0.356. The van der Waals surface area contributed by atoms with Gasteiger partial charge in [-0.3, -0.25) is 0 Å². The van der Waals surface area contributed by atoms with Gasteiger partial charge in [-0.1, -0.05) is 51.8 Å². The van der Waals surface area contributed by atoms with Gasteiger partial charge in [-0.25, -0.2) is 8.42 Å². The lowest BCUT2D eigenvalue weighted by atomic mass is 9.91. The standard InChI is InChI=1S/C23H22BrNO2S/c1-15-4-10-20(11-5-15)28(26,27)25-13-22-16(2)12-21(17(3)23(22)14-25)18-6-8-19(24)9-7-18/h4-12H,13-14H2,1-3H3. The van der Waals surface area contributed by atoms with Crippen LogP contribution in [0.1, 0.15) is 27.8 Å². The second-order valence-electron chi connectivity index (χ2n) is 7.42. The molecule has 1 heterocycles.